The van der Waals surface area contributed by atoms with Crippen molar-refractivity contribution in [2.24, 2.45) is 0 Å². The van der Waals surface area contributed by atoms with Crippen LogP contribution in [0.4, 0.5) is 0 Å². The van der Waals surface area contributed by atoms with Crippen LogP contribution >= 0.6 is 0 Å². The van der Waals surface area contributed by atoms with Crippen LogP contribution in [0.1, 0.15) is 47.6 Å². The number of amides is 1. The Labute approximate surface area is 165 Å². The number of carbonyl (C=O) groups is 1. The largest absolute Gasteiger partial charge is 0.350 e. The predicted molar refractivity (Wildman–Crippen MR) is 111 cm³/mol. The molecular weight excluding hydrogens is 348 g/mol. The van der Waals surface area contributed by atoms with Crippen molar-refractivity contribution in [1.29, 1.82) is 0 Å². The molecule has 0 radical (unpaired) electrons. The minimum Gasteiger partial charge on any atom is -0.350 e. The van der Waals surface area contributed by atoms with Gasteiger partial charge in [0.1, 0.15) is 0 Å². The van der Waals surface area contributed by atoms with Gasteiger partial charge in [0.25, 0.3) is 5.91 Å². The van der Waals surface area contributed by atoms with E-state index in [4.69, 9.17) is 0 Å². The monoisotopic (exact) mass is 374 g/mol. The van der Waals surface area contributed by atoms with E-state index in [1.165, 1.54) is 31.2 Å². The lowest BCUT2D eigenvalue weighted by Crippen LogP contribution is -2.38. The second-order valence-corrected chi connectivity index (χ2v) is 7.35. The van der Waals surface area contributed by atoms with E-state index in [-0.39, 0.29) is 11.9 Å². The van der Waals surface area contributed by atoms with Gasteiger partial charge >= 0.3 is 0 Å². The van der Waals surface area contributed by atoms with Gasteiger partial charge in [-0.15, -0.1) is 0 Å². The van der Waals surface area contributed by atoms with Crippen LogP contribution in [-0.4, -0.2) is 40.4 Å². The maximum atomic E-state index is 12.8. The lowest BCUT2D eigenvalue weighted by Gasteiger charge is -2.31. The van der Waals surface area contributed by atoms with Gasteiger partial charge in [-0.2, -0.15) is 0 Å². The van der Waals surface area contributed by atoms with Crippen molar-refractivity contribution < 1.29 is 4.79 Å². The van der Waals surface area contributed by atoms with E-state index >= 15 is 0 Å². The highest BCUT2D eigenvalue weighted by Crippen LogP contribution is 2.24. The molecule has 1 aliphatic heterocycles. The van der Waals surface area contributed by atoms with E-state index in [0.29, 0.717) is 12.1 Å². The van der Waals surface area contributed by atoms with Crippen molar-refractivity contribution in [2.45, 2.75) is 31.7 Å². The summed E-state index contributed by atoms with van der Waals surface area (Å²) < 4.78 is 0. The molecule has 1 aliphatic rings. The van der Waals surface area contributed by atoms with Crippen LogP contribution in [0.2, 0.25) is 0 Å². The van der Waals surface area contributed by atoms with Gasteiger partial charge in [0.05, 0.1) is 17.1 Å². The fourth-order valence-corrected chi connectivity index (χ4v) is 3.94. The lowest BCUT2D eigenvalue weighted by molar-refractivity contribution is 0.0933. The van der Waals surface area contributed by atoms with E-state index in [2.05, 4.69) is 44.5 Å². The molecule has 144 valence electrons. The highest BCUT2D eigenvalue weighted by molar-refractivity contribution is 5.97. The van der Waals surface area contributed by atoms with Gasteiger partial charge in [0.15, 0.2) is 0 Å². The van der Waals surface area contributed by atoms with E-state index in [0.717, 1.165) is 24.1 Å². The number of likely N-dealkylation sites (tertiary alicyclic amines) is 1. The Balaban J connectivity index is 1.50. The van der Waals surface area contributed by atoms with E-state index in [9.17, 15) is 4.79 Å². The molecule has 1 fully saturated rings. The number of nitrogens with one attached hydrogen (secondary N) is 1. The molecule has 0 saturated carbocycles. The van der Waals surface area contributed by atoms with Gasteiger partial charge in [-0.3, -0.25) is 19.7 Å². The maximum Gasteiger partial charge on any atom is 0.251 e. The third-order valence-electron chi connectivity index (χ3n) is 5.45. The minimum absolute atomic E-state index is 0.0664. The number of rotatable bonds is 5. The Morgan fingerprint density at radius 3 is 2.39 bits per heavy atom. The third-order valence-corrected chi connectivity index (χ3v) is 5.45. The molecule has 1 aromatic heterocycles. The zero-order valence-corrected chi connectivity index (χ0v) is 16.1. The van der Waals surface area contributed by atoms with Gasteiger partial charge in [0, 0.05) is 24.5 Å². The summed E-state index contributed by atoms with van der Waals surface area (Å²) in [6.07, 6.45) is 8.34. The molecule has 28 heavy (non-hydrogen) atoms. The summed E-state index contributed by atoms with van der Waals surface area (Å²) >= 11 is 0. The second-order valence-electron chi connectivity index (χ2n) is 7.35. The minimum atomic E-state index is -0.0664. The Bertz CT molecular complexity index is 920. The predicted octanol–water partition coefficient (Wildman–Crippen LogP) is 3.98. The lowest BCUT2D eigenvalue weighted by atomic mass is 10.0. The first-order valence-corrected chi connectivity index (χ1v) is 10.1. The first kappa shape index (κ1) is 18.6. The number of benzene rings is 2. The molecule has 1 saturated heterocycles. The van der Waals surface area contributed by atoms with Crippen LogP contribution < -0.4 is 5.32 Å². The molecule has 0 spiro atoms. The van der Waals surface area contributed by atoms with Crippen molar-refractivity contribution in [3.63, 3.8) is 0 Å². The van der Waals surface area contributed by atoms with Gasteiger partial charge in [0.2, 0.25) is 0 Å². The zero-order chi connectivity index (χ0) is 19.2. The van der Waals surface area contributed by atoms with E-state index in [1.54, 1.807) is 18.5 Å². The zero-order valence-electron chi connectivity index (χ0n) is 16.1. The van der Waals surface area contributed by atoms with E-state index in [1.807, 2.05) is 18.2 Å². The highest BCUT2D eigenvalue weighted by atomic mass is 16.1. The van der Waals surface area contributed by atoms with Crippen LogP contribution in [-0.2, 0) is 0 Å². The second kappa shape index (κ2) is 8.93. The van der Waals surface area contributed by atoms with Crippen LogP contribution in [0.3, 0.4) is 0 Å². The van der Waals surface area contributed by atoms with Crippen molar-refractivity contribution in [3.8, 4) is 0 Å². The Kier molecular flexibility index (Phi) is 5.92. The first-order valence-electron chi connectivity index (χ1n) is 10.1. The summed E-state index contributed by atoms with van der Waals surface area (Å²) in [5.41, 5.74) is 3.41. The summed E-state index contributed by atoms with van der Waals surface area (Å²) in [6, 6.07) is 16.2. The summed E-state index contributed by atoms with van der Waals surface area (Å²) in [5, 5.41) is 3.15. The SMILES string of the molecule is O=C(NCC(c1ccccc1)N1CCCCCC1)c1ccc2nccnc2c1. The van der Waals surface area contributed by atoms with Crippen molar-refractivity contribution in [3.05, 3.63) is 72.1 Å². The molecule has 5 nitrogen and oxygen atoms in total. The first-order chi connectivity index (χ1) is 13.8. The molecule has 0 aliphatic carbocycles. The third kappa shape index (κ3) is 4.37. The van der Waals surface area contributed by atoms with Gasteiger partial charge in [-0.1, -0.05) is 43.2 Å². The van der Waals surface area contributed by atoms with Crippen molar-refractivity contribution in [2.75, 3.05) is 19.6 Å². The molecule has 2 heterocycles. The van der Waals surface area contributed by atoms with Gasteiger partial charge in [-0.05, 0) is 49.7 Å². The van der Waals surface area contributed by atoms with Crippen LogP contribution in [0, 0.1) is 0 Å². The number of fused-ring (bicyclic) bond motifs is 1. The Morgan fingerprint density at radius 2 is 1.64 bits per heavy atom. The molecule has 1 atom stereocenters. The smallest absolute Gasteiger partial charge is 0.251 e. The fourth-order valence-electron chi connectivity index (χ4n) is 3.94. The summed E-state index contributed by atoms with van der Waals surface area (Å²) in [4.78, 5) is 23.9. The molecule has 3 aromatic rings. The molecule has 0 bridgehead atoms. The maximum absolute atomic E-state index is 12.8. The Hall–Kier alpha value is -2.79. The van der Waals surface area contributed by atoms with Crippen LogP contribution in [0.5, 0.6) is 0 Å². The molecule has 1 unspecified atom stereocenters. The Morgan fingerprint density at radius 1 is 0.929 bits per heavy atom. The average Bonchev–Trinajstić information content (AvgIpc) is 3.04. The summed E-state index contributed by atoms with van der Waals surface area (Å²) in [6.45, 7) is 2.77. The van der Waals surface area contributed by atoms with Gasteiger partial charge < -0.3 is 5.32 Å². The number of hydrogen-bond donors (Lipinski definition) is 1. The number of aromatic nitrogens is 2. The topological polar surface area (TPSA) is 58.1 Å². The quantitative estimate of drug-likeness (QED) is 0.734. The molecule has 4 rings (SSSR count). The molecule has 2 aromatic carbocycles. The number of carbonyl (C=O) groups excluding carboxylic acids is 1. The standard InChI is InChI=1S/C23H26N4O/c28-23(19-10-11-20-21(16-19)25-13-12-24-20)26-17-22(18-8-4-3-5-9-18)27-14-6-1-2-7-15-27/h3-5,8-13,16,22H,1-2,6-7,14-15,17H2,(H,26,28). The van der Waals surface area contributed by atoms with Crippen LogP contribution in [0.15, 0.2) is 60.9 Å². The van der Waals surface area contributed by atoms with E-state index < -0.39 is 0 Å². The summed E-state index contributed by atoms with van der Waals surface area (Å²) in [7, 11) is 0. The number of nitrogens with zero attached hydrogens (tertiary/aromatic N) is 3. The molecule has 5 heteroatoms. The highest BCUT2D eigenvalue weighted by Gasteiger charge is 2.22. The molecular formula is C23H26N4O. The van der Waals surface area contributed by atoms with Gasteiger partial charge in [-0.25, -0.2) is 0 Å². The van der Waals surface area contributed by atoms with Crippen molar-refractivity contribution >= 4 is 16.9 Å². The number of hydrogen-bond acceptors (Lipinski definition) is 4. The van der Waals surface area contributed by atoms with Crippen molar-refractivity contribution in [1.82, 2.24) is 20.2 Å². The summed E-state index contributed by atoms with van der Waals surface area (Å²) in [5.74, 6) is -0.0664. The molecule has 1 amide bonds. The fraction of sp³-hybridized carbons (Fsp3) is 0.348. The van der Waals surface area contributed by atoms with Crippen LogP contribution in [0.25, 0.3) is 11.0 Å². The average molecular weight is 374 g/mol. The normalized spacial score (nSPS) is 16.4. The molecule has 1 N–H and O–H groups in total.